The highest BCUT2D eigenvalue weighted by Crippen LogP contribution is 2.31. The molecule has 0 saturated carbocycles. The molecule has 0 spiro atoms. The van der Waals surface area contributed by atoms with E-state index in [4.69, 9.17) is 9.47 Å². The standard InChI is InChI=1S/C23H23F3N4O6S2/c1-37-38-13-35-16-10-18(36-17(16)12-31)30-11-15(8-5-9-27-21(33)23(24,25)26)19(29-22(30)34)28-20(32)14-6-3-2-4-7-14/h2-4,6-7,11,16-18,31H,9-10,12-13H2,1H3,(H,27,33)(H,28,29,32,34)/t16-,17-,18-/m1/s1. The van der Waals surface area contributed by atoms with Gasteiger partial charge in [-0.15, -0.1) is 0 Å². The van der Waals surface area contributed by atoms with E-state index in [1.54, 1.807) is 23.5 Å². The van der Waals surface area contributed by atoms with Crippen molar-refractivity contribution in [3.63, 3.8) is 0 Å². The Balaban J connectivity index is 1.88. The first-order valence-electron chi connectivity index (χ1n) is 11.0. The molecule has 1 aliphatic heterocycles. The molecule has 0 radical (unpaired) electrons. The molecule has 3 atom stereocenters. The summed E-state index contributed by atoms with van der Waals surface area (Å²) in [6, 6.07) is 8.04. The van der Waals surface area contributed by atoms with Gasteiger partial charge in [-0.2, -0.15) is 18.2 Å². The molecular weight excluding hydrogens is 549 g/mol. The molecule has 2 aromatic rings. The second-order valence-electron chi connectivity index (χ2n) is 7.65. The number of carbonyl (C=O) groups excluding carboxylic acids is 2. The minimum atomic E-state index is -5.07. The number of halogens is 3. The summed E-state index contributed by atoms with van der Waals surface area (Å²) in [5.74, 6) is 2.24. The third-order valence-electron chi connectivity index (χ3n) is 5.16. The van der Waals surface area contributed by atoms with Gasteiger partial charge in [-0.1, -0.05) is 51.6 Å². The summed E-state index contributed by atoms with van der Waals surface area (Å²) in [5, 5.41) is 13.8. The molecule has 10 nitrogen and oxygen atoms in total. The second kappa shape index (κ2) is 13.7. The maximum atomic E-state index is 12.9. The first-order chi connectivity index (χ1) is 18.1. The summed E-state index contributed by atoms with van der Waals surface area (Å²) >= 11 is 0. The number of ether oxygens (including phenoxy) is 2. The molecule has 1 aromatic carbocycles. The van der Waals surface area contributed by atoms with Crippen LogP contribution in [0, 0.1) is 11.8 Å². The summed E-state index contributed by atoms with van der Waals surface area (Å²) in [7, 11) is 2.95. The van der Waals surface area contributed by atoms with E-state index in [0.717, 1.165) is 4.57 Å². The highest BCUT2D eigenvalue weighted by molar-refractivity contribution is 8.76. The van der Waals surface area contributed by atoms with Crippen molar-refractivity contribution in [3.05, 3.63) is 58.1 Å². The number of carbonyl (C=O) groups is 2. The number of aliphatic hydroxyl groups excluding tert-OH is 1. The van der Waals surface area contributed by atoms with E-state index < -0.39 is 48.7 Å². The zero-order valence-corrected chi connectivity index (χ0v) is 21.5. The molecule has 3 rings (SSSR count). The van der Waals surface area contributed by atoms with Crippen molar-refractivity contribution in [2.45, 2.75) is 31.0 Å². The molecule has 38 heavy (non-hydrogen) atoms. The summed E-state index contributed by atoms with van der Waals surface area (Å²) in [6.07, 6.45) is -3.85. The topological polar surface area (TPSA) is 132 Å². The van der Waals surface area contributed by atoms with Crippen molar-refractivity contribution >= 4 is 39.2 Å². The molecule has 0 unspecified atom stereocenters. The number of hydrogen-bond donors (Lipinski definition) is 3. The predicted molar refractivity (Wildman–Crippen MR) is 135 cm³/mol. The first kappa shape index (κ1) is 29.5. The average Bonchev–Trinajstić information content (AvgIpc) is 3.30. The Hall–Kier alpha value is -3.03. The number of hydrogen-bond acceptors (Lipinski definition) is 9. The van der Waals surface area contributed by atoms with Crippen molar-refractivity contribution in [2.24, 2.45) is 0 Å². The number of nitrogens with one attached hydrogen (secondary N) is 2. The van der Waals surface area contributed by atoms with E-state index in [1.165, 1.54) is 39.9 Å². The van der Waals surface area contributed by atoms with Crippen LogP contribution in [0.4, 0.5) is 19.0 Å². The molecule has 0 aliphatic carbocycles. The lowest BCUT2D eigenvalue weighted by Crippen LogP contribution is -2.36. The molecule has 3 N–H and O–H groups in total. The first-order valence-corrected chi connectivity index (χ1v) is 13.7. The Morgan fingerprint density at radius 3 is 2.71 bits per heavy atom. The minimum absolute atomic E-state index is 0.0124. The number of rotatable bonds is 9. The lowest BCUT2D eigenvalue weighted by atomic mass is 10.2. The lowest BCUT2D eigenvalue weighted by Gasteiger charge is -2.16. The number of anilines is 1. The van der Waals surface area contributed by atoms with Crippen molar-refractivity contribution in [2.75, 3.05) is 30.7 Å². The number of amides is 2. The van der Waals surface area contributed by atoms with Gasteiger partial charge >= 0.3 is 17.8 Å². The molecule has 2 heterocycles. The maximum absolute atomic E-state index is 12.9. The SMILES string of the molecule is CSSCO[C@@H]1C[C@H](n2cc(C#CCNC(=O)C(F)(F)F)c(NC(=O)c3ccccc3)nc2=O)O[C@@H]1CO. The van der Waals surface area contributed by atoms with E-state index in [1.807, 2.05) is 6.26 Å². The maximum Gasteiger partial charge on any atom is 0.471 e. The number of alkyl halides is 3. The smallest absolute Gasteiger partial charge is 0.394 e. The fourth-order valence-corrected chi connectivity index (χ4v) is 4.15. The van der Waals surface area contributed by atoms with Crippen LogP contribution in [0.3, 0.4) is 0 Å². The summed E-state index contributed by atoms with van der Waals surface area (Å²) in [5.41, 5.74) is -0.547. The third kappa shape index (κ3) is 7.98. The molecule has 1 aromatic heterocycles. The average molecular weight is 573 g/mol. The third-order valence-corrected chi connectivity index (χ3v) is 6.62. The minimum Gasteiger partial charge on any atom is -0.394 e. The van der Waals surface area contributed by atoms with E-state index in [9.17, 15) is 32.7 Å². The van der Waals surface area contributed by atoms with Crippen LogP contribution in [-0.2, 0) is 14.3 Å². The molecule has 204 valence electrons. The van der Waals surface area contributed by atoms with Crippen LogP contribution in [0.2, 0.25) is 0 Å². The Morgan fingerprint density at radius 1 is 1.32 bits per heavy atom. The van der Waals surface area contributed by atoms with Crippen LogP contribution in [-0.4, -0.2) is 70.2 Å². The number of aliphatic hydroxyl groups is 1. The van der Waals surface area contributed by atoms with Crippen molar-refractivity contribution in [1.29, 1.82) is 0 Å². The van der Waals surface area contributed by atoms with E-state index >= 15 is 0 Å². The van der Waals surface area contributed by atoms with Gasteiger partial charge in [0, 0.05) is 18.2 Å². The highest BCUT2D eigenvalue weighted by atomic mass is 33.1. The fourth-order valence-electron chi connectivity index (χ4n) is 3.37. The van der Waals surface area contributed by atoms with Gasteiger partial charge in [0.2, 0.25) is 0 Å². The molecule has 1 fully saturated rings. The monoisotopic (exact) mass is 572 g/mol. The normalized spacial score (nSPS) is 18.9. The van der Waals surface area contributed by atoms with Crippen LogP contribution in [0.15, 0.2) is 41.3 Å². The van der Waals surface area contributed by atoms with Crippen molar-refractivity contribution in [1.82, 2.24) is 14.9 Å². The lowest BCUT2D eigenvalue weighted by molar-refractivity contribution is -0.173. The van der Waals surface area contributed by atoms with Crippen LogP contribution in [0.5, 0.6) is 0 Å². The fraction of sp³-hybridized carbons (Fsp3) is 0.391. The zero-order valence-electron chi connectivity index (χ0n) is 19.9. The number of nitrogens with zero attached hydrogens (tertiary/aromatic N) is 2. The molecule has 0 bridgehead atoms. The van der Waals surface area contributed by atoms with Crippen molar-refractivity contribution < 1.29 is 37.3 Å². The molecule has 1 saturated heterocycles. The largest absolute Gasteiger partial charge is 0.471 e. The van der Waals surface area contributed by atoms with Gasteiger partial charge < -0.3 is 25.2 Å². The quantitative estimate of drug-likeness (QED) is 0.179. The van der Waals surface area contributed by atoms with Gasteiger partial charge in [0.25, 0.3) is 5.91 Å². The number of benzene rings is 1. The van der Waals surface area contributed by atoms with Crippen LogP contribution < -0.4 is 16.3 Å². The predicted octanol–water partition coefficient (Wildman–Crippen LogP) is 2.16. The Morgan fingerprint density at radius 2 is 2.05 bits per heavy atom. The highest BCUT2D eigenvalue weighted by Gasteiger charge is 2.38. The van der Waals surface area contributed by atoms with Gasteiger partial charge in [0.1, 0.15) is 18.3 Å². The van der Waals surface area contributed by atoms with Gasteiger partial charge in [0.05, 0.1) is 24.8 Å². The van der Waals surface area contributed by atoms with Gasteiger partial charge in [-0.25, -0.2) is 4.79 Å². The van der Waals surface area contributed by atoms with Gasteiger partial charge in [-0.3, -0.25) is 14.2 Å². The van der Waals surface area contributed by atoms with E-state index in [-0.39, 0.29) is 30.0 Å². The van der Waals surface area contributed by atoms with Crippen LogP contribution >= 0.6 is 21.6 Å². The number of aromatic nitrogens is 2. The summed E-state index contributed by atoms with van der Waals surface area (Å²) in [6.45, 7) is -1.01. The molecular formula is C23H23F3N4O6S2. The van der Waals surface area contributed by atoms with Crippen molar-refractivity contribution in [3.8, 4) is 11.8 Å². The molecule has 2 amide bonds. The van der Waals surface area contributed by atoms with Gasteiger partial charge in [-0.05, 0) is 18.4 Å². The van der Waals surface area contributed by atoms with Gasteiger partial charge in [0.15, 0.2) is 5.82 Å². The molecule has 1 aliphatic rings. The Kier molecular flexibility index (Phi) is 10.6. The summed E-state index contributed by atoms with van der Waals surface area (Å²) < 4.78 is 49.9. The van der Waals surface area contributed by atoms with Crippen LogP contribution in [0.1, 0.15) is 28.6 Å². The Bertz CT molecular complexity index is 1250. The summed E-state index contributed by atoms with van der Waals surface area (Å²) in [4.78, 5) is 40.4. The van der Waals surface area contributed by atoms with Crippen LogP contribution in [0.25, 0.3) is 0 Å². The molecule has 15 heteroatoms. The second-order valence-corrected chi connectivity index (χ2v) is 10.2. The van der Waals surface area contributed by atoms with E-state index in [0.29, 0.717) is 5.94 Å². The van der Waals surface area contributed by atoms with E-state index in [2.05, 4.69) is 22.1 Å². The Labute approximate surface area is 223 Å². The zero-order chi connectivity index (χ0) is 27.7.